The third kappa shape index (κ3) is 4.73. The summed E-state index contributed by atoms with van der Waals surface area (Å²) < 4.78 is 18.8. The Morgan fingerprint density at radius 1 is 1.29 bits per heavy atom. The van der Waals surface area contributed by atoms with E-state index in [1.54, 1.807) is 12.1 Å². The van der Waals surface area contributed by atoms with E-state index in [1.807, 2.05) is 13.0 Å². The van der Waals surface area contributed by atoms with Gasteiger partial charge in [-0.05, 0) is 38.0 Å². The molecule has 0 amide bonds. The summed E-state index contributed by atoms with van der Waals surface area (Å²) in [5.74, 6) is 0.0572. The molecular weight excluding hydrogens is 217 g/mol. The first-order valence-electron chi connectivity index (χ1n) is 6.20. The van der Waals surface area contributed by atoms with E-state index in [0.717, 1.165) is 12.0 Å². The highest BCUT2D eigenvalue weighted by molar-refractivity contribution is 5.29. The van der Waals surface area contributed by atoms with Crippen LogP contribution in [0.25, 0.3) is 0 Å². The van der Waals surface area contributed by atoms with Crippen LogP contribution in [-0.4, -0.2) is 18.7 Å². The molecule has 1 atom stereocenters. The highest BCUT2D eigenvalue weighted by Crippen LogP contribution is 2.19. The van der Waals surface area contributed by atoms with Gasteiger partial charge in [-0.3, -0.25) is 0 Å². The molecule has 1 rings (SSSR count). The molecule has 0 aliphatic rings. The summed E-state index contributed by atoms with van der Waals surface area (Å²) in [6, 6.07) is 5.97. The predicted octanol–water partition coefficient (Wildman–Crippen LogP) is 3.15. The van der Waals surface area contributed by atoms with Gasteiger partial charge in [0.25, 0.3) is 0 Å². The molecular formula is C14H22FNO. The van der Waals surface area contributed by atoms with Gasteiger partial charge in [0.2, 0.25) is 0 Å². The van der Waals surface area contributed by atoms with Crippen LogP contribution >= 0.6 is 0 Å². The van der Waals surface area contributed by atoms with Gasteiger partial charge in [-0.25, -0.2) is 4.39 Å². The summed E-state index contributed by atoms with van der Waals surface area (Å²) >= 11 is 0. The first-order valence-corrected chi connectivity index (χ1v) is 6.20. The topological polar surface area (TPSA) is 21.3 Å². The summed E-state index contributed by atoms with van der Waals surface area (Å²) in [7, 11) is 0. The number of nitrogens with one attached hydrogen (secondary N) is 1. The molecule has 0 aromatic heterocycles. The molecule has 0 fully saturated rings. The Bertz CT molecular complexity index is 352. The van der Waals surface area contributed by atoms with Gasteiger partial charge in [-0.1, -0.05) is 19.9 Å². The molecule has 2 nitrogen and oxygen atoms in total. The molecule has 1 unspecified atom stereocenters. The Balaban J connectivity index is 2.63. The van der Waals surface area contributed by atoms with E-state index in [2.05, 4.69) is 26.1 Å². The number of hydrogen-bond donors (Lipinski definition) is 1. The molecule has 1 aromatic rings. The molecule has 17 heavy (non-hydrogen) atoms. The number of halogens is 1. The van der Waals surface area contributed by atoms with Crippen molar-refractivity contribution in [2.45, 2.75) is 46.2 Å². The highest BCUT2D eigenvalue weighted by atomic mass is 19.1. The molecule has 0 heterocycles. The highest BCUT2D eigenvalue weighted by Gasteiger charge is 2.08. The van der Waals surface area contributed by atoms with Crippen LogP contribution in [0, 0.1) is 5.82 Å². The van der Waals surface area contributed by atoms with Gasteiger partial charge in [0.05, 0.1) is 6.61 Å². The van der Waals surface area contributed by atoms with E-state index < -0.39 is 0 Å². The zero-order chi connectivity index (χ0) is 12.8. The van der Waals surface area contributed by atoms with Crippen molar-refractivity contribution < 1.29 is 9.13 Å². The second kappa shape index (κ2) is 6.60. The van der Waals surface area contributed by atoms with Crippen molar-refractivity contribution >= 4 is 0 Å². The van der Waals surface area contributed by atoms with Crippen LogP contribution in [0.3, 0.4) is 0 Å². The summed E-state index contributed by atoms with van der Waals surface area (Å²) in [6.45, 7) is 8.66. The number of benzene rings is 1. The monoisotopic (exact) mass is 239 g/mol. The minimum atomic E-state index is -0.277. The average molecular weight is 239 g/mol. The van der Waals surface area contributed by atoms with E-state index in [4.69, 9.17) is 4.74 Å². The largest absolute Gasteiger partial charge is 0.491 e. The van der Waals surface area contributed by atoms with Crippen molar-refractivity contribution in [2.24, 2.45) is 0 Å². The van der Waals surface area contributed by atoms with Crippen LogP contribution in [0.5, 0.6) is 5.75 Å². The van der Waals surface area contributed by atoms with Gasteiger partial charge in [0.1, 0.15) is 0 Å². The summed E-state index contributed by atoms with van der Waals surface area (Å²) in [5.41, 5.74) is 0.992. The third-order valence-electron chi connectivity index (χ3n) is 2.46. The Hall–Kier alpha value is -1.09. The number of ether oxygens (including phenoxy) is 1. The van der Waals surface area contributed by atoms with Crippen LogP contribution < -0.4 is 10.1 Å². The Labute approximate surface area is 103 Å². The zero-order valence-electron chi connectivity index (χ0n) is 11.1. The molecule has 0 aliphatic carbocycles. The molecule has 0 radical (unpaired) electrons. The molecule has 0 spiro atoms. The quantitative estimate of drug-likeness (QED) is 0.823. The normalized spacial score (nSPS) is 12.8. The minimum Gasteiger partial charge on any atom is -0.491 e. The van der Waals surface area contributed by atoms with Crippen molar-refractivity contribution in [1.82, 2.24) is 5.32 Å². The van der Waals surface area contributed by atoms with Crippen molar-refractivity contribution in [3.05, 3.63) is 29.6 Å². The van der Waals surface area contributed by atoms with Gasteiger partial charge in [0, 0.05) is 12.1 Å². The van der Waals surface area contributed by atoms with Crippen molar-refractivity contribution in [3.63, 3.8) is 0 Å². The number of rotatable bonds is 6. The fraction of sp³-hybridized carbons (Fsp3) is 0.571. The second-order valence-corrected chi connectivity index (χ2v) is 4.62. The maximum absolute atomic E-state index is 13.6. The van der Waals surface area contributed by atoms with Crippen LogP contribution in [0.1, 0.15) is 33.3 Å². The van der Waals surface area contributed by atoms with E-state index >= 15 is 0 Å². The van der Waals surface area contributed by atoms with Crippen molar-refractivity contribution in [1.29, 1.82) is 0 Å². The van der Waals surface area contributed by atoms with Crippen molar-refractivity contribution in [3.8, 4) is 5.75 Å². The van der Waals surface area contributed by atoms with Gasteiger partial charge < -0.3 is 10.1 Å². The smallest absolute Gasteiger partial charge is 0.165 e. The summed E-state index contributed by atoms with van der Waals surface area (Å²) in [6.07, 6.45) is 0.821. The maximum Gasteiger partial charge on any atom is 0.165 e. The summed E-state index contributed by atoms with van der Waals surface area (Å²) in [5, 5.41) is 3.40. The van der Waals surface area contributed by atoms with Gasteiger partial charge in [0.15, 0.2) is 11.6 Å². The van der Waals surface area contributed by atoms with E-state index in [-0.39, 0.29) is 5.82 Å². The molecule has 0 saturated carbocycles. The third-order valence-corrected chi connectivity index (χ3v) is 2.46. The fourth-order valence-electron chi connectivity index (χ4n) is 1.93. The lowest BCUT2D eigenvalue weighted by atomic mass is 10.1. The molecule has 96 valence electrons. The lowest BCUT2D eigenvalue weighted by Gasteiger charge is -2.17. The van der Waals surface area contributed by atoms with Crippen LogP contribution in [0.15, 0.2) is 18.2 Å². The summed E-state index contributed by atoms with van der Waals surface area (Å²) in [4.78, 5) is 0. The van der Waals surface area contributed by atoms with Gasteiger partial charge in [-0.15, -0.1) is 0 Å². The lowest BCUT2D eigenvalue weighted by Crippen LogP contribution is -2.33. The Morgan fingerprint density at radius 2 is 2.00 bits per heavy atom. The zero-order valence-corrected chi connectivity index (χ0v) is 11.1. The molecule has 1 aromatic carbocycles. The maximum atomic E-state index is 13.6. The first kappa shape index (κ1) is 14.0. The van der Waals surface area contributed by atoms with E-state index in [9.17, 15) is 4.39 Å². The lowest BCUT2D eigenvalue weighted by molar-refractivity contribution is 0.321. The van der Waals surface area contributed by atoms with Crippen LogP contribution in [0.4, 0.5) is 4.39 Å². The second-order valence-electron chi connectivity index (χ2n) is 4.62. The first-order chi connectivity index (χ1) is 8.02. The van der Waals surface area contributed by atoms with Crippen LogP contribution in [0.2, 0.25) is 0 Å². The van der Waals surface area contributed by atoms with Crippen molar-refractivity contribution in [2.75, 3.05) is 6.61 Å². The fourth-order valence-corrected chi connectivity index (χ4v) is 1.93. The predicted molar refractivity (Wildman–Crippen MR) is 69.0 cm³/mol. The standard InChI is InChI=1S/C14H22FNO/c1-5-17-14-7-6-12(9-13(14)15)8-11(4)16-10(2)3/h6-7,9-11,16H,5,8H2,1-4H3. The minimum absolute atomic E-state index is 0.277. The number of hydrogen-bond acceptors (Lipinski definition) is 2. The molecule has 0 bridgehead atoms. The van der Waals surface area contributed by atoms with E-state index in [1.165, 1.54) is 0 Å². The molecule has 3 heteroatoms. The molecule has 0 saturated heterocycles. The SMILES string of the molecule is CCOc1ccc(CC(C)NC(C)C)cc1F. The van der Waals surface area contributed by atoms with Gasteiger partial charge >= 0.3 is 0 Å². The molecule has 0 aliphatic heterocycles. The van der Waals surface area contributed by atoms with Gasteiger partial charge in [-0.2, -0.15) is 0 Å². The van der Waals surface area contributed by atoms with Crippen LogP contribution in [-0.2, 0) is 6.42 Å². The Morgan fingerprint density at radius 3 is 2.53 bits per heavy atom. The average Bonchev–Trinajstić information content (AvgIpc) is 2.21. The molecule has 1 N–H and O–H groups in total. The van der Waals surface area contributed by atoms with E-state index in [0.29, 0.717) is 24.4 Å². The Kier molecular flexibility index (Phi) is 5.42.